The second-order valence-electron chi connectivity index (χ2n) is 5.60. The molecule has 0 saturated heterocycles. The Morgan fingerprint density at radius 3 is 2.63 bits per heavy atom. The van der Waals surface area contributed by atoms with Crippen molar-refractivity contribution in [2.75, 3.05) is 13.6 Å². The maximum absolute atomic E-state index is 10.3. The SMILES string of the molecule is CN(CCC(O)c1ccccc1Br)C1CCCCC1. The van der Waals surface area contributed by atoms with E-state index in [0.29, 0.717) is 0 Å². The molecule has 3 heteroatoms. The van der Waals surface area contributed by atoms with Crippen molar-refractivity contribution in [1.82, 2.24) is 4.90 Å². The van der Waals surface area contributed by atoms with E-state index in [1.54, 1.807) is 0 Å². The number of nitrogens with zero attached hydrogens (tertiary/aromatic N) is 1. The highest BCUT2D eigenvalue weighted by molar-refractivity contribution is 9.10. The van der Waals surface area contributed by atoms with E-state index in [0.717, 1.165) is 29.0 Å². The minimum Gasteiger partial charge on any atom is -0.388 e. The highest BCUT2D eigenvalue weighted by atomic mass is 79.9. The van der Waals surface area contributed by atoms with Gasteiger partial charge in [-0.3, -0.25) is 0 Å². The lowest BCUT2D eigenvalue weighted by atomic mass is 9.94. The van der Waals surface area contributed by atoms with Crippen LogP contribution in [0.25, 0.3) is 0 Å². The Bertz CT molecular complexity index is 390. The van der Waals surface area contributed by atoms with Crippen LogP contribution < -0.4 is 0 Å². The third kappa shape index (κ3) is 4.30. The molecule has 1 fully saturated rings. The number of rotatable bonds is 5. The zero-order valence-electron chi connectivity index (χ0n) is 11.7. The lowest BCUT2D eigenvalue weighted by molar-refractivity contribution is 0.125. The Hall–Kier alpha value is -0.380. The summed E-state index contributed by atoms with van der Waals surface area (Å²) in [5.74, 6) is 0. The van der Waals surface area contributed by atoms with Crippen LogP contribution >= 0.6 is 15.9 Å². The van der Waals surface area contributed by atoms with Crippen molar-refractivity contribution in [2.45, 2.75) is 50.7 Å². The standard InChI is InChI=1S/C16H24BrNO/c1-18(13-7-3-2-4-8-13)12-11-16(19)14-9-5-6-10-15(14)17/h5-6,9-10,13,16,19H,2-4,7-8,11-12H2,1H3. The second kappa shape index (κ2) is 7.41. The van der Waals surface area contributed by atoms with Crippen molar-refractivity contribution in [2.24, 2.45) is 0 Å². The van der Waals surface area contributed by atoms with Crippen molar-refractivity contribution >= 4 is 15.9 Å². The Morgan fingerprint density at radius 1 is 1.26 bits per heavy atom. The zero-order valence-corrected chi connectivity index (χ0v) is 13.3. The molecule has 1 aliphatic carbocycles. The van der Waals surface area contributed by atoms with Gasteiger partial charge in [-0.1, -0.05) is 53.4 Å². The van der Waals surface area contributed by atoms with Crippen LogP contribution in [0.3, 0.4) is 0 Å². The quantitative estimate of drug-likeness (QED) is 0.879. The largest absolute Gasteiger partial charge is 0.388 e. The molecule has 1 unspecified atom stereocenters. The summed E-state index contributed by atoms with van der Waals surface area (Å²) in [6, 6.07) is 8.67. The van der Waals surface area contributed by atoms with Gasteiger partial charge >= 0.3 is 0 Å². The maximum atomic E-state index is 10.3. The summed E-state index contributed by atoms with van der Waals surface area (Å²) in [4.78, 5) is 2.43. The predicted molar refractivity (Wildman–Crippen MR) is 83.2 cm³/mol. The smallest absolute Gasteiger partial charge is 0.0813 e. The molecule has 0 aliphatic heterocycles. The Kier molecular flexibility index (Phi) is 5.86. The Labute approximate surface area is 124 Å². The average Bonchev–Trinajstić information content (AvgIpc) is 2.46. The average molecular weight is 326 g/mol. The van der Waals surface area contributed by atoms with E-state index in [4.69, 9.17) is 0 Å². The van der Waals surface area contributed by atoms with Gasteiger partial charge in [0, 0.05) is 17.1 Å². The number of hydrogen-bond acceptors (Lipinski definition) is 2. The normalized spacial score (nSPS) is 18.7. The van der Waals surface area contributed by atoms with Crippen LogP contribution in [0.15, 0.2) is 28.7 Å². The molecule has 1 aliphatic rings. The first-order chi connectivity index (χ1) is 9.18. The first-order valence-corrected chi connectivity index (χ1v) is 8.10. The van der Waals surface area contributed by atoms with E-state index in [-0.39, 0.29) is 6.10 Å². The summed E-state index contributed by atoms with van der Waals surface area (Å²) >= 11 is 3.51. The predicted octanol–water partition coefficient (Wildman–Crippen LogP) is 4.14. The summed E-state index contributed by atoms with van der Waals surface area (Å²) < 4.78 is 1.00. The van der Waals surface area contributed by atoms with Gasteiger partial charge in [0.1, 0.15) is 0 Å². The molecule has 0 spiro atoms. The monoisotopic (exact) mass is 325 g/mol. The third-order valence-electron chi connectivity index (χ3n) is 4.22. The molecule has 1 N–H and O–H groups in total. The van der Waals surface area contributed by atoms with E-state index < -0.39 is 0 Å². The fraction of sp³-hybridized carbons (Fsp3) is 0.625. The third-order valence-corrected chi connectivity index (χ3v) is 4.94. The van der Waals surface area contributed by atoms with Gasteiger partial charge in [0.05, 0.1) is 6.10 Å². The molecule has 0 radical (unpaired) electrons. The number of benzene rings is 1. The van der Waals surface area contributed by atoms with Crippen LogP contribution in [0.4, 0.5) is 0 Å². The van der Waals surface area contributed by atoms with Gasteiger partial charge < -0.3 is 10.0 Å². The summed E-state index contributed by atoms with van der Waals surface area (Å²) in [5, 5.41) is 10.3. The molecule has 1 aromatic rings. The van der Waals surface area contributed by atoms with Crippen LogP contribution in [0, 0.1) is 0 Å². The molecule has 2 rings (SSSR count). The van der Waals surface area contributed by atoms with Crippen molar-refractivity contribution < 1.29 is 5.11 Å². The summed E-state index contributed by atoms with van der Waals surface area (Å²) in [5.41, 5.74) is 1.000. The second-order valence-corrected chi connectivity index (χ2v) is 6.45. The highest BCUT2D eigenvalue weighted by Crippen LogP contribution is 2.27. The Balaban J connectivity index is 1.82. The number of halogens is 1. The van der Waals surface area contributed by atoms with Crippen LogP contribution in [0.2, 0.25) is 0 Å². The first-order valence-electron chi connectivity index (χ1n) is 7.31. The van der Waals surface area contributed by atoms with Crippen molar-refractivity contribution in [3.63, 3.8) is 0 Å². The van der Waals surface area contributed by atoms with Crippen LogP contribution in [0.5, 0.6) is 0 Å². The molecule has 1 atom stereocenters. The zero-order chi connectivity index (χ0) is 13.7. The minimum atomic E-state index is -0.374. The summed E-state index contributed by atoms with van der Waals surface area (Å²) in [6.45, 7) is 0.965. The van der Waals surface area contributed by atoms with Gasteiger partial charge in [0.2, 0.25) is 0 Å². The topological polar surface area (TPSA) is 23.5 Å². The van der Waals surface area contributed by atoms with Crippen LogP contribution in [-0.2, 0) is 0 Å². The van der Waals surface area contributed by atoms with Gasteiger partial charge in [-0.05, 0) is 37.9 Å². The number of aliphatic hydroxyl groups excluding tert-OH is 1. The lowest BCUT2D eigenvalue weighted by Gasteiger charge is -2.31. The van der Waals surface area contributed by atoms with E-state index in [2.05, 4.69) is 27.9 Å². The molecule has 0 bridgehead atoms. The van der Waals surface area contributed by atoms with E-state index in [9.17, 15) is 5.11 Å². The summed E-state index contributed by atoms with van der Waals surface area (Å²) in [7, 11) is 2.20. The molecule has 19 heavy (non-hydrogen) atoms. The van der Waals surface area contributed by atoms with E-state index in [1.807, 2.05) is 24.3 Å². The van der Waals surface area contributed by atoms with Crippen molar-refractivity contribution in [3.8, 4) is 0 Å². The van der Waals surface area contributed by atoms with Gasteiger partial charge in [-0.2, -0.15) is 0 Å². The first kappa shape index (κ1) is 15.0. The molecule has 1 aromatic carbocycles. The lowest BCUT2D eigenvalue weighted by Crippen LogP contribution is -2.34. The van der Waals surface area contributed by atoms with E-state index in [1.165, 1.54) is 32.1 Å². The van der Waals surface area contributed by atoms with E-state index >= 15 is 0 Å². The fourth-order valence-corrected chi connectivity index (χ4v) is 3.48. The van der Waals surface area contributed by atoms with Crippen molar-refractivity contribution in [1.29, 1.82) is 0 Å². The van der Waals surface area contributed by atoms with Crippen LogP contribution in [-0.4, -0.2) is 29.6 Å². The van der Waals surface area contributed by atoms with Gasteiger partial charge in [0.15, 0.2) is 0 Å². The molecule has 1 saturated carbocycles. The van der Waals surface area contributed by atoms with Gasteiger partial charge in [-0.15, -0.1) is 0 Å². The molecule has 0 amide bonds. The fourth-order valence-electron chi connectivity index (χ4n) is 2.93. The molecular formula is C16H24BrNO. The highest BCUT2D eigenvalue weighted by Gasteiger charge is 2.19. The minimum absolute atomic E-state index is 0.374. The molecule has 106 valence electrons. The molecular weight excluding hydrogens is 302 g/mol. The molecule has 0 heterocycles. The summed E-state index contributed by atoms with van der Waals surface area (Å²) in [6.07, 6.45) is 7.19. The maximum Gasteiger partial charge on any atom is 0.0813 e. The Morgan fingerprint density at radius 2 is 1.95 bits per heavy atom. The van der Waals surface area contributed by atoms with Gasteiger partial charge in [-0.25, -0.2) is 0 Å². The molecule has 0 aromatic heterocycles. The van der Waals surface area contributed by atoms with Crippen LogP contribution in [0.1, 0.15) is 50.2 Å². The number of aliphatic hydroxyl groups is 1. The number of hydrogen-bond donors (Lipinski definition) is 1. The molecule has 2 nitrogen and oxygen atoms in total. The van der Waals surface area contributed by atoms with Crippen molar-refractivity contribution in [3.05, 3.63) is 34.3 Å². The van der Waals surface area contributed by atoms with Gasteiger partial charge in [0.25, 0.3) is 0 Å².